The summed E-state index contributed by atoms with van der Waals surface area (Å²) in [5.41, 5.74) is 11.6. The Morgan fingerprint density at radius 1 is 0.513 bits per heavy atom. The maximum absolute atomic E-state index is 14.0. The summed E-state index contributed by atoms with van der Waals surface area (Å²) in [6.07, 6.45) is 10.8. The van der Waals surface area contributed by atoms with E-state index < -0.39 is 11.2 Å². The molecule has 2 atom stereocenters. The van der Waals surface area contributed by atoms with E-state index in [0.29, 0.717) is 37.8 Å². The van der Waals surface area contributed by atoms with Crippen LogP contribution in [0.15, 0.2) is 107 Å². The summed E-state index contributed by atoms with van der Waals surface area (Å²) in [6, 6.07) is 21.6. The van der Waals surface area contributed by atoms with Gasteiger partial charge in [-0.1, -0.05) is 34.6 Å². The number of rotatable bonds is 10. The average molecular weight is 1030 g/mol. The molecule has 2 aromatic carbocycles. The molecule has 76 heavy (non-hydrogen) atoms. The van der Waals surface area contributed by atoms with Gasteiger partial charge in [0.05, 0.1) is 68.0 Å². The highest BCUT2D eigenvalue weighted by Gasteiger charge is 2.34. The second kappa shape index (κ2) is 20.0. The van der Waals surface area contributed by atoms with E-state index in [0.717, 1.165) is 126 Å². The lowest BCUT2D eigenvalue weighted by molar-refractivity contribution is 0.0551. The van der Waals surface area contributed by atoms with E-state index >= 15 is 0 Å². The molecule has 2 saturated heterocycles. The Balaban J connectivity index is 0.000000162. The summed E-state index contributed by atoms with van der Waals surface area (Å²) < 4.78 is 55.0. The van der Waals surface area contributed by atoms with Gasteiger partial charge in [0.2, 0.25) is 0 Å². The van der Waals surface area contributed by atoms with Crippen LogP contribution in [0, 0.1) is 51.2 Å². The van der Waals surface area contributed by atoms with Crippen LogP contribution in [0.5, 0.6) is 0 Å². The summed E-state index contributed by atoms with van der Waals surface area (Å²) in [5.74, 6) is 1.45. The van der Waals surface area contributed by atoms with E-state index in [4.69, 9.17) is 28.5 Å². The number of pyridine rings is 4. The lowest BCUT2D eigenvalue weighted by Gasteiger charge is -2.33. The number of fused-ring (bicyclic) bond motifs is 6. The topological polar surface area (TPSA) is 172 Å². The Bertz CT molecular complexity index is 3460. The van der Waals surface area contributed by atoms with Crippen LogP contribution in [0.4, 0.5) is 8.78 Å². The van der Waals surface area contributed by atoms with Gasteiger partial charge in [-0.3, -0.25) is 19.9 Å². The molecule has 2 aliphatic rings. The van der Waals surface area contributed by atoms with Gasteiger partial charge in [0, 0.05) is 84.2 Å². The highest BCUT2D eigenvalue weighted by Crippen LogP contribution is 2.44. The minimum atomic E-state index is -1.12. The molecule has 2 aliphatic heterocycles. The molecule has 2 N–H and O–H groups in total. The van der Waals surface area contributed by atoms with Crippen molar-refractivity contribution in [1.82, 2.24) is 39.4 Å². The first-order valence-electron chi connectivity index (χ1n) is 26.0. The number of hydrogen-bond acceptors (Lipinski definition) is 12. The van der Waals surface area contributed by atoms with Crippen molar-refractivity contribution in [3.63, 3.8) is 0 Å². The normalized spacial score (nSPS) is 15.9. The van der Waals surface area contributed by atoms with Crippen molar-refractivity contribution in [3.8, 4) is 22.3 Å². The summed E-state index contributed by atoms with van der Waals surface area (Å²) in [4.78, 5) is 19.0. The number of benzene rings is 2. The first-order valence-corrected chi connectivity index (χ1v) is 26.0. The number of aryl methyl sites for hydroxylation is 4. The fourth-order valence-corrected chi connectivity index (χ4v) is 11.6. The van der Waals surface area contributed by atoms with Gasteiger partial charge in [0.15, 0.2) is 0 Å². The molecule has 0 aliphatic carbocycles. The lowest BCUT2D eigenvalue weighted by Crippen LogP contribution is -2.27. The molecule has 10 aromatic rings. The van der Waals surface area contributed by atoms with Crippen molar-refractivity contribution in [2.24, 2.45) is 11.8 Å². The predicted octanol–water partition coefficient (Wildman–Crippen LogP) is 12.5. The largest absolute Gasteiger partial charge is 0.384 e. The quantitative estimate of drug-likeness (QED) is 0.133. The fraction of sp³-hybridized carbons (Fsp3) is 0.367. The lowest BCUT2D eigenvalue weighted by atomic mass is 9.86. The van der Waals surface area contributed by atoms with Crippen LogP contribution >= 0.6 is 0 Å². The number of aromatic nitrogens is 8. The third-order valence-corrected chi connectivity index (χ3v) is 15.3. The molecule has 0 amide bonds. The van der Waals surface area contributed by atoms with Crippen molar-refractivity contribution >= 4 is 43.9 Å². The molecule has 16 heteroatoms. The molecule has 12 rings (SSSR count). The predicted molar refractivity (Wildman–Crippen MR) is 287 cm³/mol. The summed E-state index contributed by atoms with van der Waals surface area (Å²) in [5, 5.41) is 31.7. The van der Waals surface area contributed by atoms with Crippen LogP contribution < -0.4 is 0 Å². The Kier molecular flexibility index (Phi) is 13.4. The van der Waals surface area contributed by atoms with Gasteiger partial charge in [-0.05, 0) is 153 Å². The van der Waals surface area contributed by atoms with Gasteiger partial charge in [-0.2, -0.15) is 0 Å². The van der Waals surface area contributed by atoms with Gasteiger partial charge in [-0.15, -0.1) is 0 Å². The maximum Gasteiger partial charge on any atom is 0.141 e. The molecule has 0 radical (unpaired) electrons. The van der Waals surface area contributed by atoms with Crippen molar-refractivity contribution in [3.05, 3.63) is 155 Å². The van der Waals surface area contributed by atoms with Crippen LogP contribution in [0.3, 0.4) is 0 Å². The van der Waals surface area contributed by atoms with Gasteiger partial charge in [-0.25, -0.2) is 8.78 Å². The van der Waals surface area contributed by atoms with Gasteiger partial charge in [0.1, 0.15) is 34.4 Å². The van der Waals surface area contributed by atoms with Crippen LogP contribution in [-0.4, -0.2) is 76.0 Å². The molecular weight excluding hydrogens is 967 g/mol. The van der Waals surface area contributed by atoms with Crippen LogP contribution in [-0.2, 0) is 20.7 Å². The summed E-state index contributed by atoms with van der Waals surface area (Å²) in [6.45, 7) is 17.3. The first-order chi connectivity index (χ1) is 36.4. The zero-order chi connectivity index (χ0) is 53.2. The third kappa shape index (κ3) is 9.45. The first kappa shape index (κ1) is 50.9. The van der Waals surface area contributed by atoms with E-state index in [1.54, 1.807) is 40.1 Å². The summed E-state index contributed by atoms with van der Waals surface area (Å²) >= 11 is 0. The Labute approximate surface area is 438 Å². The standard InChI is InChI=1S/2C30H31FN4O3/c2*1-17-27(18(2)38-34-17)21-13-25-28(33-15-21)23-16-32-26(30(3,4)36)14-24(23)35(25)29(20-9-11-37-12-10-20)19-5-7-22(31)8-6-19/h2*5-8,13-16,20,29,36H,9-12H2,1-4H3. The van der Waals surface area contributed by atoms with Crippen molar-refractivity contribution in [2.45, 2.75) is 104 Å². The third-order valence-electron chi connectivity index (χ3n) is 15.3. The van der Waals surface area contributed by atoms with Gasteiger partial charge < -0.3 is 37.9 Å². The number of ether oxygens (including phenoxy) is 2. The molecule has 0 bridgehead atoms. The van der Waals surface area contributed by atoms with Gasteiger partial charge >= 0.3 is 0 Å². The molecule has 10 heterocycles. The van der Waals surface area contributed by atoms with E-state index in [-0.39, 0.29) is 35.6 Å². The second-order valence-corrected chi connectivity index (χ2v) is 21.5. The molecule has 392 valence electrons. The van der Waals surface area contributed by atoms with Crippen LogP contribution in [0.2, 0.25) is 0 Å². The smallest absolute Gasteiger partial charge is 0.141 e. The van der Waals surface area contributed by atoms with Crippen molar-refractivity contribution in [2.75, 3.05) is 26.4 Å². The summed E-state index contributed by atoms with van der Waals surface area (Å²) in [7, 11) is 0. The minimum absolute atomic E-state index is 0.0988. The number of nitrogens with zero attached hydrogens (tertiary/aromatic N) is 8. The molecule has 2 fully saturated rings. The maximum atomic E-state index is 14.0. The molecular formula is C60H62F2N8O6. The zero-order valence-electron chi connectivity index (χ0n) is 44.1. The number of halogens is 2. The fourth-order valence-electron chi connectivity index (χ4n) is 11.6. The molecule has 14 nitrogen and oxygen atoms in total. The zero-order valence-corrected chi connectivity index (χ0v) is 44.1. The molecule has 2 unspecified atom stereocenters. The average Bonchev–Trinajstić information content (AvgIpc) is 4.24. The number of aliphatic hydroxyl groups is 2. The van der Waals surface area contributed by atoms with E-state index in [1.807, 2.05) is 76.5 Å². The van der Waals surface area contributed by atoms with E-state index in [9.17, 15) is 19.0 Å². The SMILES string of the molecule is Cc1noc(C)c1-c1cnc2c3cnc(C(C)(C)O)cc3n(C(c3ccc(F)cc3)C3CCOCC3)c2c1.Cc1noc(C)c1-c1cnc2c3cnc(C(C)(C)O)cc3n(C(c3ccc(F)cc3)C3CCOCC3)c2c1. The Morgan fingerprint density at radius 3 is 1.21 bits per heavy atom. The van der Waals surface area contributed by atoms with Gasteiger partial charge in [0.25, 0.3) is 0 Å². The highest BCUT2D eigenvalue weighted by molar-refractivity contribution is 6.07. The van der Waals surface area contributed by atoms with Crippen LogP contribution in [0.1, 0.15) is 111 Å². The molecule has 0 spiro atoms. The van der Waals surface area contributed by atoms with E-state index in [2.05, 4.69) is 41.5 Å². The Morgan fingerprint density at radius 2 is 0.882 bits per heavy atom. The number of hydrogen-bond donors (Lipinski definition) is 2. The molecule has 0 saturated carbocycles. The van der Waals surface area contributed by atoms with Crippen molar-refractivity contribution in [1.29, 1.82) is 0 Å². The Hall–Kier alpha value is -7.24. The second-order valence-electron chi connectivity index (χ2n) is 21.5. The highest BCUT2D eigenvalue weighted by atomic mass is 19.1. The van der Waals surface area contributed by atoms with E-state index in [1.165, 1.54) is 24.3 Å². The van der Waals surface area contributed by atoms with Crippen molar-refractivity contribution < 1.29 is 37.5 Å². The minimum Gasteiger partial charge on any atom is -0.384 e. The molecule has 8 aromatic heterocycles. The van der Waals surface area contributed by atoms with Crippen LogP contribution in [0.25, 0.3) is 66.1 Å². The monoisotopic (exact) mass is 1030 g/mol.